The van der Waals surface area contributed by atoms with Crippen molar-refractivity contribution in [3.63, 3.8) is 0 Å². The van der Waals surface area contributed by atoms with Gasteiger partial charge in [-0.05, 0) is 11.6 Å². The molecule has 0 aromatic heterocycles. The molecule has 0 N–H and O–H groups in total. The molecular formula is C16H16N2O3. The lowest BCUT2D eigenvalue weighted by Crippen LogP contribution is -2.17. The number of methoxy groups -OCH3 is 1. The molecule has 2 rings (SSSR count). The van der Waals surface area contributed by atoms with Crippen LogP contribution < -0.4 is 0 Å². The summed E-state index contributed by atoms with van der Waals surface area (Å²) in [7, 11) is 3.01. The Morgan fingerprint density at radius 2 is 2.19 bits per heavy atom. The lowest BCUT2D eigenvalue weighted by Gasteiger charge is -2.10. The van der Waals surface area contributed by atoms with Gasteiger partial charge in [-0.2, -0.15) is 5.26 Å². The van der Waals surface area contributed by atoms with Crippen molar-refractivity contribution in [2.45, 2.75) is 6.10 Å². The van der Waals surface area contributed by atoms with Gasteiger partial charge in [-0.15, -0.1) is 0 Å². The van der Waals surface area contributed by atoms with Gasteiger partial charge in [0.15, 0.2) is 5.57 Å². The summed E-state index contributed by atoms with van der Waals surface area (Å²) in [5, 5.41) is 9.07. The molecule has 1 unspecified atom stereocenters. The van der Waals surface area contributed by atoms with E-state index in [0.29, 0.717) is 6.54 Å². The van der Waals surface area contributed by atoms with E-state index in [4.69, 9.17) is 10.00 Å². The van der Waals surface area contributed by atoms with Gasteiger partial charge in [0.2, 0.25) is 5.88 Å². The summed E-state index contributed by atoms with van der Waals surface area (Å²) in [5.74, 6) is -0.431. The molecule has 0 saturated carbocycles. The molecule has 0 bridgehead atoms. The van der Waals surface area contributed by atoms with Crippen LogP contribution in [0.25, 0.3) is 6.08 Å². The number of carbonyl (C=O) groups is 1. The second-order valence-corrected chi connectivity index (χ2v) is 4.59. The van der Waals surface area contributed by atoms with Crippen molar-refractivity contribution in [2.75, 3.05) is 20.7 Å². The number of nitriles is 1. The third-order valence-corrected chi connectivity index (χ3v) is 3.08. The largest absolute Gasteiger partial charge is 0.468 e. The van der Waals surface area contributed by atoms with E-state index in [9.17, 15) is 4.79 Å². The molecule has 1 aromatic rings. The molecule has 21 heavy (non-hydrogen) atoms. The lowest BCUT2D eigenvalue weighted by atomic mass is 10.2. The van der Waals surface area contributed by atoms with Gasteiger partial charge >= 0.3 is 5.97 Å². The highest BCUT2D eigenvalue weighted by Gasteiger charge is 2.29. The van der Waals surface area contributed by atoms with Crippen LogP contribution >= 0.6 is 0 Å². The van der Waals surface area contributed by atoms with E-state index in [1.54, 1.807) is 11.9 Å². The number of ether oxygens (including phenoxy) is 2. The monoisotopic (exact) mass is 284 g/mol. The lowest BCUT2D eigenvalue weighted by molar-refractivity contribution is -0.136. The zero-order valence-electron chi connectivity index (χ0n) is 11.9. The topological polar surface area (TPSA) is 62.6 Å². The maximum absolute atomic E-state index is 11.5. The number of hydrogen-bond acceptors (Lipinski definition) is 5. The Labute approximate surface area is 123 Å². The number of rotatable bonds is 3. The van der Waals surface area contributed by atoms with Crippen LogP contribution in [0, 0.1) is 11.3 Å². The van der Waals surface area contributed by atoms with E-state index in [2.05, 4.69) is 4.74 Å². The fourth-order valence-electron chi connectivity index (χ4n) is 2.04. The fraction of sp³-hybridized carbons (Fsp3) is 0.250. The molecule has 1 saturated heterocycles. The molecule has 0 spiro atoms. The number of benzene rings is 1. The maximum atomic E-state index is 11.5. The number of carbonyl (C=O) groups excluding carboxylic acids is 1. The van der Waals surface area contributed by atoms with Gasteiger partial charge in [-0.3, -0.25) is 0 Å². The minimum atomic E-state index is -0.688. The normalized spacial score (nSPS) is 20.0. The Hall–Kier alpha value is -2.74. The van der Waals surface area contributed by atoms with E-state index in [0.717, 1.165) is 5.56 Å². The highest BCUT2D eigenvalue weighted by atomic mass is 16.5. The smallest absolute Gasteiger partial charge is 0.354 e. The van der Waals surface area contributed by atoms with E-state index in [-0.39, 0.29) is 17.6 Å². The van der Waals surface area contributed by atoms with Crippen molar-refractivity contribution < 1.29 is 14.3 Å². The Bertz CT molecular complexity index is 614. The Kier molecular flexibility index (Phi) is 4.62. The number of likely N-dealkylation sites (N-methyl/N-ethyl adjacent to an activating group) is 1. The van der Waals surface area contributed by atoms with Crippen molar-refractivity contribution in [3.8, 4) is 6.07 Å². The fourth-order valence-corrected chi connectivity index (χ4v) is 2.04. The summed E-state index contributed by atoms with van der Waals surface area (Å²) in [6.45, 7) is 0.570. The number of nitrogens with zero attached hydrogens (tertiary/aromatic N) is 2. The maximum Gasteiger partial charge on any atom is 0.354 e. The van der Waals surface area contributed by atoms with Crippen LogP contribution in [-0.2, 0) is 14.3 Å². The van der Waals surface area contributed by atoms with Crippen molar-refractivity contribution in [3.05, 3.63) is 53.4 Å². The Morgan fingerprint density at radius 3 is 2.81 bits per heavy atom. The van der Waals surface area contributed by atoms with Gasteiger partial charge < -0.3 is 14.4 Å². The van der Waals surface area contributed by atoms with Crippen molar-refractivity contribution in [2.24, 2.45) is 0 Å². The molecule has 1 aliphatic rings. The molecule has 0 radical (unpaired) electrons. The third kappa shape index (κ3) is 3.42. The molecule has 1 aliphatic heterocycles. The molecule has 1 aromatic carbocycles. The quantitative estimate of drug-likeness (QED) is 0.482. The summed E-state index contributed by atoms with van der Waals surface area (Å²) in [6.07, 6.45) is 3.65. The molecule has 5 nitrogen and oxygen atoms in total. The molecule has 1 heterocycles. The van der Waals surface area contributed by atoms with Gasteiger partial charge in [0.25, 0.3) is 0 Å². The molecule has 1 fully saturated rings. The molecular weight excluding hydrogens is 268 g/mol. The number of hydrogen-bond donors (Lipinski definition) is 0. The molecule has 0 aliphatic carbocycles. The van der Waals surface area contributed by atoms with Crippen LogP contribution in [0.3, 0.4) is 0 Å². The zero-order chi connectivity index (χ0) is 15.2. The van der Waals surface area contributed by atoms with Crippen LogP contribution in [0.4, 0.5) is 0 Å². The predicted molar refractivity (Wildman–Crippen MR) is 77.6 cm³/mol. The molecule has 5 heteroatoms. The zero-order valence-corrected chi connectivity index (χ0v) is 11.9. The van der Waals surface area contributed by atoms with E-state index in [1.807, 2.05) is 48.6 Å². The third-order valence-electron chi connectivity index (χ3n) is 3.08. The van der Waals surface area contributed by atoms with Crippen LogP contribution in [0.2, 0.25) is 0 Å². The second kappa shape index (κ2) is 6.62. The molecule has 0 amide bonds. The van der Waals surface area contributed by atoms with Crippen molar-refractivity contribution >= 4 is 12.0 Å². The van der Waals surface area contributed by atoms with Gasteiger partial charge in [0, 0.05) is 7.05 Å². The SMILES string of the molecule is COC(=O)/C(C#N)=C1/OC(/C=C/c2ccccc2)CN1C. The van der Waals surface area contributed by atoms with Crippen LogP contribution in [0.15, 0.2) is 47.9 Å². The van der Waals surface area contributed by atoms with Gasteiger partial charge in [-0.1, -0.05) is 36.4 Å². The predicted octanol–water partition coefficient (Wildman–Crippen LogP) is 1.94. The Morgan fingerprint density at radius 1 is 1.48 bits per heavy atom. The highest BCUT2D eigenvalue weighted by Crippen LogP contribution is 2.23. The Balaban J connectivity index is 2.15. The summed E-state index contributed by atoms with van der Waals surface area (Å²) in [6, 6.07) is 11.7. The first-order chi connectivity index (χ1) is 10.2. The van der Waals surface area contributed by atoms with Gasteiger partial charge in [-0.25, -0.2) is 4.79 Å². The van der Waals surface area contributed by atoms with Crippen LogP contribution in [-0.4, -0.2) is 37.7 Å². The number of esters is 1. The standard InChI is InChI=1S/C16H16N2O3/c1-18-11-13(9-8-12-6-4-3-5-7-12)21-15(18)14(10-17)16(19)20-2/h3-9,13H,11H2,1-2H3/b9-8+,15-14+. The van der Waals surface area contributed by atoms with Crippen LogP contribution in [0.1, 0.15) is 5.56 Å². The summed E-state index contributed by atoms with van der Waals surface area (Å²) < 4.78 is 10.3. The molecule has 1 atom stereocenters. The average molecular weight is 284 g/mol. The average Bonchev–Trinajstić information content (AvgIpc) is 2.88. The first kappa shape index (κ1) is 14.7. The van der Waals surface area contributed by atoms with E-state index >= 15 is 0 Å². The summed E-state index contributed by atoms with van der Waals surface area (Å²) in [5.41, 5.74) is 0.949. The van der Waals surface area contributed by atoms with Gasteiger partial charge in [0.1, 0.15) is 12.2 Å². The molecule has 108 valence electrons. The van der Waals surface area contributed by atoms with E-state index < -0.39 is 5.97 Å². The van der Waals surface area contributed by atoms with Crippen molar-refractivity contribution in [1.29, 1.82) is 5.26 Å². The van der Waals surface area contributed by atoms with Crippen LogP contribution in [0.5, 0.6) is 0 Å². The first-order valence-corrected chi connectivity index (χ1v) is 6.49. The van der Waals surface area contributed by atoms with Crippen molar-refractivity contribution in [1.82, 2.24) is 4.90 Å². The van der Waals surface area contributed by atoms with E-state index in [1.165, 1.54) is 7.11 Å². The second-order valence-electron chi connectivity index (χ2n) is 4.59. The highest BCUT2D eigenvalue weighted by molar-refractivity contribution is 5.93. The summed E-state index contributed by atoms with van der Waals surface area (Å²) >= 11 is 0. The van der Waals surface area contributed by atoms with Gasteiger partial charge in [0.05, 0.1) is 13.7 Å². The minimum Gasteiger partial charge on any atom is -0.468 e. The first-order valence-electron chi connectivity index (χ1n) is 6.49. The minimum absolute atomic E-state index is 0.115. The summed E-state index contributed by atoms with van der Waals surface area (Å²) in [4.78, 5) is 13.3.